The van der Waals surface area contributed by atoms with Gasteiger partial charge in [0.2, 0.25) is 0 Å². The molecule has 0 aliphatic rings. The summed E-state index contributed by atoms with van der Waals surface area (Å²) in [4.78, 5) is 0. The monoisotopic (exact) mass is 222 g/mol. The Morgan fingerprint density at radius 3 is 1.00 bits per heavy atom. The van der Waals surface area contributed by atoms with Crippen LogP contribution in [0.4, 0.5) is 0 Å². The first-order valence-electron chi connectivity index (χ1n) is 0. The predicted octanol–water partition coefficient (Wildman–Crippen LogP) is -3.93. The minimum atomic E-state index is 0. The Bertz CT molecular complexity index is 8.00. The van der Waals surface area contributed by atoms with Crippen molar-refractivity contribution in [3.63, 3.8) is 0 Å². The van der Waals surface area contributed by atoms with Gasteiger partial charge in [-0.25, -0.2) is 0 Å². The van der Waals surface area contributed by atoms with Crippen molar-refractivity contribution in [2.75, 3.05) is 0 Å². The molecular formula is H9CaGaMgSe. The third kappa shape index (κ3) is 8.95. The summed E-state index contributed by atoms with van der Waals surface area (Å²) in [6.07, 6.45) is 0. The fourth-order valence-corrected chi connectivity index (χ4v) is 0. The van der Waals surface area contributed by atoms with Gasteiger partial charge in [0, 0.05) is 0 Å². The molecule has 0 saturated carbocycles. The van der Waals surface area contributed by atoms with Gasteiger partial charge in [0.25, 0.3) is 0 Å². The van der Waals surface area contributed by atoms with Crippen molar-refractivity contribution >= 4 is 97.7 Å². The molecule has 0 aliphatic heterocycles. The van der Waals surface area contributed by atoms with Crippen LogP contribution in [-0.2, 0) is 0 Å². The normalized spacial score (nSPS) is 0. The Balaban J connectivity index is 0. The Kier molecular flexibility index (Phi) is 111. The van der Waals surface area contributed by atoms with E-state index >= 15 is 0 Å². The van der Waals surface area contributed by atoms with E-state index < -0.39 is 0 Å². The van der Waals surface area contributed by atoms with Gasteiger partial charge in [-0.15, -0.1) is 0 Å². The second kappa shape index (κ2) is 16.4. The molecule has 0 nitrogen and oxygen atoms in total. The summed E-state index contributed by atoms with van der Waals surface area (Å²) in [5.74, 6) is 0. The third-order valence-corrected chi connectivity index (χ3v) is 0. The molecule has 0 amide bonds. The van der Waals surface area contributed by atoms with Crippen LogP contribution in [0.3, 0.4) is 0 Å². The molecule has 4 heteroatoms. The van der Waals surface area contributed by atoms with Gasteiger partial charge in [-0.05, 0) is 0 Å². The number of hydrogen-bond donors (Lipinski definition) is 0. The Morgan fingerprint density at radius 2 is 1.00 bits per heavy atom. The molecule has 0 bridgehead atoms. The molecule has 0 rings (SSSR count). The van der Waals surface area contributed by atoms with Crippen LogP contribution < -0.4 is 0 Å². The average Bonchev–Trinajstić information content (AvgIpc) is 0. The van der Waals surface area contributed by atoms with E-state index in [2.05, 4.69) is 0 Å². The van der Waals surface area contributed by atoms with Crippen LogP contribution in [0.25, 0.3) is 0 Å². The molecule has 0 heterocycles. The van der Waals surface area contributed by atoms with Crippen LogP contribution in [0.15, 0.2) is 0 Å². The second-order valence-electron chi connectivity index (χ2n) is 0. The Hall–Kier alpha value is 3.18. The van der Waals surface area contributed by atoms with E-state index in [-0.39, 0.29) is 97.7 Å². The second-order valence-corrected chi connectivity index (χ2v) is 0. The zero-order valence-corrected chi connectivity index (χ0v) is 2.60. The van der Waals surface area contributed by atoms with Crippen molar-refractivity contribution in [3.05, 3.63) is 0 Å². The van der Waals surface area contributed by atoms with Crippen molar-refractivity contribution in [1.82, 2.24) is 0 Å². The maximum atomic E-state index is 0. The van der Waals surface area contributed by atoms with Crippen LogP contribution in [-0.4, -0.2) is 97.7 Å². The van der Waals surface area contributed by atoms with E-state index in [1.54, 1.807) is 0 Å². The number of hydrogen-bond acceptors (Lipinski definition) is 0. The Labute approximate surface area is 95.5 Å². The summed E-state index contributed by atoms with van der Waals surface area (Å²) in [5, 5.41) is 0. The molecule has 0 saturated heterocycles. The summed E-state index contributed by atoms with van der Waals surface area (Å²) < 4.78 is 0. The van der Waals surface area contributed by atoms with Crippen molar-refractivity contribution < 1.29 is 0 Å². The van der Waals surface area contributed by atoms with Gasteiger partial charge in [0.1, 0.15) is 0 Å². The fraction of sp³-hybridized carbons (Fsp3) is 0. The molecule has 0 aromatic heterocycles. The molecule has 0 unspecified atom stereocenters. The van der Waals surface area contributed by atoms with Crippen LogP contribution in [0.1, 0.15) is 0 Å². The van der Waals surface area contributed by atoms with Crippen LogP contribution in [0.2, 0.25) is 0 Å². The predicted molar refractivity (Wildman–Crippen MR) is 35.6 cm³/mol. The van der Waals surface area contributed by atoms with Gasteiger partial charge < -0.3 is 0 Å². The van der Waals surface area contributed by atoms with E-state index in [0.717, 1.165) is 0 Å². The van der Waals surface area contributed by atoms with Gasteiger partial charge in [-0.1, -0.05) is 0 Å². The van der Waals surface area contributed by atoms with Crippen molar-refractivity contribution in [2.24, 2.45) is 0 Å². The molecule has 0 radical (unpaired) electrons. The van der Waals surface area contributed by atoms with E-state index in [1.807, 2.05) is 0 Å². The molecule has 22 valence electrons. The zero-order valence-electron chi connectivity index (χ0n) is 0.500. The molecule has 0 spiro atoms. The summed E-state index contributed by atoms with van der Waals surface area (Å²) in [5.41, 5.74) is 0. The van der Waals surface area contributed by atoms with Gasteiger partial charge in [0.15, 0.2) is 0 Å². The summed E-state index contributed by atoms with van der Waals surface area (Å²) in [7, 11) is 0. The molecule has 4 heavy (non-hydrogen) atoms. The summed E-state index contributed by atoms with van der Waals surface area (Å²) in [6, 6.07) is 0. The van der Waals surface area contributed by atoms with Gasteiger partial charge in [-0.3, -0.25) is 0 Å². The first-order chi connectivity index (χ1) is 0. The molecule has 0 fully saturated rings. The van der Waals surface area contributed by atoms with Crippen molar-refractivity contribution in [1.29, 1.82) is 0 Å². The molecule has 0 aliphatic carbocycles. The molecule has 0 aromatic carbocycles. The van der Waals surface area contributed by atoms with Crippen molar-refractivity contribution in [2.45, 2.75) is 0 Å². The third-order valence-electron chi connectivity index (χ3n) is 0. The molecule has 0 atom stereocenters. The van der Waals surface area contributed by atoms with E-state index in [0.29, 0.717) is 0 Å². The average molecular weight is 222 g/mol. The Morgan fingerprint density at radius 1 is 1.00 bits per heavy atom. The molecule has 0 N–H and O–H groups in total. The van der Waals surface area contributed by atoms with Crippen LogP contribution in [0.5, 0.6) is 0 Å². The van der Waals surface area contributed by atoms with Crippen LogP contribution in [0, 0.1) is 0 Å². The first kappa shape index (κ1) is 27.1. The number of rotatable bonds is 0. The van der Waals surface area contributed by atoms with Gasteiger partial charge in [0.05, 0.1) is 0 Å². The van der Waals surface area contributed by atoms with Gasteiger partial charge >= 0.3 is 97.7 Å². The summed E-state index contributed by atoms with van der Waals surface area (Å²) >= 11 is 0. The van der Waals surface area contributed by atoms with Crippen LogP contribution >= 0.6 is 0 Å². The first-order valence-corrected chi connectivity index (χ1v) is 0. The quantitative estimate of drug-likeness (QED) is 0.367. The van der Waals surface area contributed by atoms with E-state index in [1.165, 1.54) is 0 Å². The SMILES string of the molecule is [CaH2].[GaH3].[MgH2].[SeH2]. The standard InChI is InChI=1S/Ca.Ga.Mg.H2Se.7H/h;;;1H2;;;;;;;. The summed E-state index contributed by atoms with van der Waals surface area (Å²) in [6.45, 7) is 0. The topological polar surface area (TPSA) is 0 Å². The fourth-order valence-electron chi connectivity index (χ4n) is 0. The molecule has 0 aromatic rings. The molecular weight excluding hydrogens is 213 g/mol. The van der Waals surface area contributed by atoms with E-state index in [9.17, 15) is 0 Å². The van der Waals surface area contributed by atoms with Gasteiger partial charge in [-0.2, -0.15) is 0 Å². The van der Waals surface area contributed by atoms with Crippen molar-refractivity contribution in [3.8, 4) is 0 Å². The maximum absolute atomic E-state index is 0. The minimum absolute atomic E-state index is 0. The zero-order chi connectivity index (χ0) is 0. The van der Waals surface area contributed by atoms with E-state index in [4.69, 9.17) is 0 Å².